The van der Waals surface area contributed by atoms with Gasteiger partial charge in [-0.25, -0.2) is 0 Å². The van der Waals surface area contributed by atoms with E-state index >= 15 is 0 Å². The maximum Gasteiger partial charge on any atom is 0.246 e. The zero-order valence-corrected chi connectivity index (χ0v) is 18.2. The molecule has 0 bridgehead atoms. The first-order valence-electron chi connectivity index (χ1n) is 10.4. The molecule has 0 aliphatic heterocycles. The quantitative estimate of drug-likeness (QED) is 0.563. The summed E-state index contributed by atoms with van der Waals surface area (Å²) < 4.78 is 4.83. The Hall–Kier alpha value is -1.36. The minimum atomic E-state index is -0.522. The molecule has 1 aliphatic rings. The van der Waals surface area contributed by atoms with Crippen molar-refractivity contribution in [2.75, 3.05) is 20.3 Å². The highest BCUT2D eigenvalue weighted by Gasteiger charge is 2.22. The van der Waals surface area contributed by atoms with Gasteiger partial charge in [0.25, 0.3) is 0 Å². The Morgan fingerprint density at radius 1 is 1.15 bits per heavy atom. The van der Waals surface area contributed by atoms with Gasteiger partial charge < -0.3 is 15.4 Å². The number of hydrogen-bond acceptors (Lipinski definition) is 3. The molecule has 1 aliphatic carbocycles. The van der Waals surface area contributed by atoms with E-state index in [1.54, 1.807) is 0 Å². The van der Waals surface area contributed by atoms with Crippen LogP contribution in [0.3, 0.4) is 0 Å². The molecule has 1 saturated carbocycles. The summed E-state index contributed by atoms with van der Waals surface area (Å²) >= 11 is 0. The van der Waals surface area contributed by atoms with E-state index in [9.17, 15) is 9.59 Å². The van der Waals surface area contributed by atoms with Crippen molar-refractivity contribution >= 4 is 11.8 Å². The number of carbonyl (C=O) groups excluding carboxylic acids is 2. The summed E-state index contributed by atoms with van der Waals surface area (Å²) in [5, 5.41) is 5.82. The summed E-state index contributed by atoms with van der Waals surface area (Å²) in [4.78, 5) is 24.2. The largest absolute Gasteiger partial charge is 0.375 e. The van der Waals surface area contributed by atoms with E-state index < -0.39 is 5.54 Å². The fourth-order valence-electron chi connectivity index (χ4n) is 3.75. The molecule has 27 heavy (non-hydrogen) atoms. The molecular weight excluding hydrogens is 340 g/mol. The molecule has 1 rings (SSSR count). The van der Waals surface area contributed by atoms with Gasteiger partial charge in [0.05, 0.1) is 5.54 Å². The lowest BCUT2D eigenvalue weighted by atomic mass is 9.83. The standard InChI is InChI=1S/C22H40N2O3/c1-16(12-13-19-10-8-7-9-11-19)17(2)18(3)21(26)23-15-22(4,5)24-20(25)14-27-6/h16,19H,7-15H2,1-6H3,(H,23,26)(H,24,25). The van der Waals surface area contributed by atoms with Crippen molar-refractivity contribution in [3.8, 4) is 0 Å². The molecule has 5 nitrogen and oxygen atoms in total. The van der Waals surface area contributed by atoms with Gasteiger partial charge in [-0.1, -0.05) is 44.6 Å². The van der Waals surface area contributed by atoms with E-state index in [0.717, 1.165) is 17.9 Å². The number of carbonyl (C=O) groups is 2. The van der Waals surface area contributed by atoms with Crippen molar-refractivity contribution < 1.29 is 14.3 Å². The number of nitrogens with one attached hydrogen (secondary N) is 2. The Kier molecular flexibility index (Phi) is 10.1. The van der Waals surface area contributed by atoms with E-state index in [2.05, 4.69) is 24.5 Å². The molecule has 0 aromatic carbocycles. The summed E-state index contributed by atoms with van der Waals surface area (Å²) in [5.74, 6) is 1.06. The Labute approximate surface area is 165 Å². The third-order valence-corrected chi connectivity index (χ3v) is 5.85. The Balaban J connectivity index is 2.49. The Bertz CT molecular complexity index is 520. The minimum absolute atomic E-state index is 0.0217. The molecule has 0 heterocycles. The molecule has 2 N–H and O–H groups in total. The number of hydrogen-bond donors (Lipinski definition) is 2. The van der Waals surface area contributed by atoms with Crippen LogP contribution in [0.4, 0.5) is 0 Å². The number of methoxy groups -OCH3 is 1. The summed E-state index contributed by atoms with van der Waals surface area (Å²) in [7, 11) is 1.49. The van der Waals surface area contributed by atoms with Crippen LogP contribution in [-0.2, 0) is 14.3 Å². The molecule has 0 spiro atoms. The first-order chi connectivity index (χ1) is 12.7. The van der Waals surface area contributed by atoms with Gasteiger partial charge in [-0.3, -0.25) is 9.59 Å². The zero-order chi connectivity index (χ0) is 20.4. The van der Waals surface area contributed by atoms with E-state index in [0.29, 0.717) is 12.5 Å². The average molecular weight is 381 g/mol. The van der Waals surface area contributed by atoms with Crippen LogP contribution in [0.5, 0.6) is 0 Å². The van der Waals surface area contributed by atoms with Crippen LogP contribution in [0.2, 0.25) is 0 Å². The molecule has 1 fully saturated rings. The predicted molar refractivity (Wildman–Crippen MR) is 110 cm³/mol. The highest BCUT2D eigenvalue weighted by molar-refractivity contribution is 5.93. The van der Waals surface area contributed by atoms with Crippen molar-refractivity contribution in [2.45, 2.75) is 85.1 Å². The van der Waals surface area contributed by atoms with Crippen LogP contribution in [0.15, 0.2) is 11.1 Å². The molecule has 0 aromatic heterocycles. The van der Waals surface area contributed by atoms with E-state index in [1.165, 1.54) is 51.2 Å². The predicted octanol–water partition coefficient (Wildman–Crippen LogP) is 3.98. The highest BCUT2D eigenvalue weighted by atomic mass is 16.5. The Morgan fingerprint density at radius 2 is 1.78 bits per heavy atom. The maximum absolute atomic E-state index is 12.5. The third-order valence-electron chi connectivity index (χ3n) is 5.85. The highest BCUT2D eigenvalue weighted by Crippen LogP contribution is 2.30. The van der Waals surface area contributed by atoms with E-state index in [4.69, 9.17) is 4.74 Å². The van der Waals surface area contributed by atoms with Crippen LogP contribution < -0.4 is 10.6 Å². The Morgan fingerprint density at radius 3 is 2.37 bits per heavy atom. The second kappa shape index (κ2) is 11.5. The lowest BCUT2D eigenvalue weighted by Gasteiger charge is -2.27. The molecular formula is C22H40N2O3. The maximum atomic E-state index is 12.5. The smallest absolute Gasteiger partial charge is 0.246 e. The third kappa shape index (κ3) is 8.91. The summed E-state index contributed by atoms with van der Waals surface area (Å²) in [6, 6.07) is 0. The van der Waals surface area contributed by atoms with Gasteiger partial charge in [-0.15, -0.1) is 0 Å². The molecule has 0 radical (unpaired) electrons. The van der Waals surface area contributed by atoms with Gasteiger partial charge in [0.2, 0.25) is 11.8 Å². The lowest BCUT2D eigenvalue weighted by Crippen LogP contribution is -2.52. The number of rotatable bonds is 10. The topological polar surface area (TPSA) is 67.4 Å². The molecule has 1 unspecified atom stereocenters. The van der Waals surface area contributed by atoms with Crippen molar-refractivity contribution in [3.05, 3.63) is 11.1 Å². The van der Waals surface area contributed by atoms with Gasteiger partial charge in [0, 0.05) is 19.2 Å². The first kappa shape index (κ1) is 23.7. The monoisotopic (exact) mass is 380 g/mol. The fraction of sp³-hybridized carbons (Fsp3) is 0.818. The van der Waals surface area contributed by atoms with Gasteiger partial charge >= 0.3 is 0 Å². The zero-order valence-electron chi connectivity index (χ0n) is 18.2. The first-order valence-corrected chi connectivity index (χ1v) is 10.4. The molecule has 0 aromatic rings. The summed E-state index contributed by atoms with van der Waals surface area (Å²) in [5.41, 5.74) is 1.45. The summed E-state index contributed by atoms with van der Waals surface area (Å²) in [6.07, 6.45) is 9.33. The average Bonchev–Trinajstić information content (AvgIpc) is 2.63. The van der Waals surface area contributed by atoms with Crippen molar-refractivity contribution in [1.82, 2.24) is 10.6 Å². The van der Waals surface area contributed by atoms with Gasteiger partial charge in [0.1, 0.15) is 6.61 Å². The molecule has 1 atom stereocenters. The SMILES string of the molecule is COCC(=O)NC(C)(C)CNC(=O)C(C)=C(C)C(C)CCC1CCCCC1. The second-order valence-corrected chi connectivity index (χ2v) is 8.84. The minimum Gasteiger partial charge on any atom is -0.375 e. The second-order valence-electron chi connectivity index (χ2n) is 8.84. The van der Waals surface area contributed by atoms with Crippen LogP contribution >= 0.6 is 0 Å². The molecule has 156 valence electrons. The van der Waals surface area contributed by atoms with Crippen LogP contribution in [-0.4, -0.2) is 37.6 Å². The summed E-state index contributed by atoms with van der Waals surface area (Å²) in [6.45, 7) is 10.4. The molecule has 0 saturated heterocycles. The van der Waals surface area contributed by atoms with Crippen molar-refractivity contribution in [3.63, 3.8) is 0 Å². The number of allylic oxidation sites excluding steroid dienone is 1. The fourth-order valence-corrected chi connectivity index (χ4v) is 3.75. The number of ether oxygens (including phenoxy) is 1. The van der Waals surface area contributed by atoms with Crippen molar-refractivity contribution in [2.24, 2.45) is 11.8 Å². The molecule has 5 heteroatoms. The normalized spacial score (nSPS) is 17.9. The van der Waals surface area contributed by atoms with Crippen LogP contribution in [0.25, 0.3) is 0 Å². The van der Waals surface area contributed by atoms with Gasteiger partial charge in [-0.2, -0.15) is 0 Å². The van der Waals surface area contributed by atoms with E-state index in [-0.39, 0.29) is 18.4 Å². The van der Waals surface area contributed by atoms with Gasteiger partial charge in [0.15, 0.2) is 0 Å². The van der Waals surface area contributed by atoms with E-state index in [1.807, 2.05) is 20.8 Å². The number of amides is 2. The van der Waals surface area contributed by atoms with Crippen LogP contribution in [0.1, 0.15) is 79.6 Å². The van der Waals surface area contributed by atoms with Crippen molar-refractivity contribution in [1.29, 1.82) is 0 Å². The lowest BCUT2D eigenvalue weighted by molar-refractivity contribution is -0.126. The van der Waals surface area contributed by atoms with Crippen LogP contribution in [0, 0.1) is 11.8 Å². The molecule has 2 amide bonds. The van der Waals surface area contributed by atoms with Gasteiger partial charge in [-0.05, 0) is 52.4 Å².